The van der Waals surface area contributed by atoms with Gasteiger partial charge in [-0.05, 0) is 18.2 Å². The number of ether oxygens (including phenoxy) is 1. The molecule has 0 aliphatic carbocycles. The Balaban J connectivity index is 1.80. The third kappa shape index (κ3) is 2.39. The Morgan fingerprint density at radius 1 is 1.19 bits per heavy atom. The first-order valence-corrected chi connectivity index (χ1v) is 5.19. The molecule has 0 unspecified atom stereocenters. The van der Waals surface area contributed by atoms with Gasteiger partial charge in [0.2, 0.25) is 11.8 Å². The van der Waals surface area contributed by atoms with E-state index in [2.05, 4.69) is 6.07 Å². The Hall–Kier alpha value is -1.84. The molecule has 1 heterocycles. The number of hydrogen-bond donors (Lipinski definition) is 0. The highest BCUT2D eigenvalue weighted by molar-refractivity contribution is 6.01. The van der Waals surface area contributed by atoms with E-state index in [1.807, 2.05) is 0 Å². The molecule has 1 radical (unpaired) electrons. The van der Waals surface area contributed by atoms with Crippen molar-refractivity contribution in [3.63, 3.8) is 0 Å². The van der Waals surface area contributed by atoms with Gasteiger partial charge in [0.05, 0.1) is 6.54 Å². The second-order valence-corrected chi connectivity index (χ2v) is 3.52. The Bertz CT molecular complexity index is 373. The highest BCUT2D eigenvalue weighted by atomic mass is 16.5. The predicted molar refractivity (Wildman–Crippen MR) is 56.7 cm³/mol. The summed E-state index contributed by atoms with van der Waals surface area (Å²) < 4.78 is 5.40. The Morgan fingerprint density at radius 2 is 1.81 bits per heavy atom. The van der Waals surface area contributed by atoms with Crippen LogP contribution in [0.1, 0.15) is 12.8 Å². The average molecular weight is 218 g/mol. The van der Waals surface area contributed by atoms with Gasteiger partial charge in [0.1, 0.15) is 12.4 Å². The average Bonchev–Trinajstić information content (AvgIpc) is 2.62. The number of benzene rings is 1. The van der Waals surface area contributed by atoms with E-state index in [1.54, 1.807) is 24.3 Å². The first-order chi connectivity index (χ1) is 7.77. The molecule has 4 nitrogen and oxygen atoms in total. The zero-order valence-corrected chi connectivity index (χ0v) is 8.81. The first-order valence-electron chi connectivity index (χ1n) is 5.19. The van der Waals surface area contributed by atoms with E-state index < -0.39 is 0 Å². The van der Waals surface area contributed by atoms with Crippen LogP contribution in [0.25, 0.3) is 0 Å². The molecule has 1 aliphatic heterocycles. The lowest BCUT2D eigenvalue weighted by Gasteiger charge is -2.13. The Labute approximate surface area is 93.8 Å². The Kier molecular flexibility index (Phi) is 3.19. The number of rotatable bonds is 4. The van der Waals surface area contributed by atoms with Gasteiger partial charge in [-0.1, -0.05) is 12.1 Å². The highest BCUT2D eigenvalue weighted by Crippen LogP contribution is 2.12. The molecule has 1 aromatic carbocycles. The minimum atomic E-state index is -0.102. The SMILES string of the molecule is O=C1CCC(=O)N1CCOc1cc[c]cc1. The third-order valence-electron chi connectivity index (χ3n) is 2.43. The van der Waals surface area contributed by atoms with Crippen molar-refractivity contribution in [3.8, 4) is 5.75 Å². The van der Waals surface area contributed by atoms with Crippen molar-refractivity contribution in [1.82, 2.24) is 4.90 Å². The van der Waals surface area contributed by atoms with Gasteiger partial charge >= 0.3 is 0 Å². The van der Waals surface area contributed by atoms with Gasteiger partial charge in [0.15, 0.2) is 0 Å². The molecule has 4 heteroatoms. The van der Waals surface area contributed by atoms with Gasteiger partial charge in [0.25, 0.3) is 0 Å². The van der Waals surface area contributed by atoms with Crippen LogP contribution in [0.2, 0.25) is 0 Å². The Morgan fingerprint density at radius 3 is 2.44 bits per heavy atom. The zero-order valence-electron chi connectivity index (χ0n) is 8.81. The summed E-state index contributed by atoms with van der Waals surface area (Å²) in [6.07, 6.45) is 0.665. The normalized spacial score (nSPS) is 15.6. The lowest BCUT2D eigenvalue weighted by molar-refractivity contribution is -0.138. The summed E-state index contributed by atoms with van der Waals surface area (Å²) in [6, 6.07) is 9.95. The number of likely N-dealkylation sites (tertiary alicyclic amines) is 1. The van der Waals surface area contributed by atoms with Crippen molar-refractivity contribution >= 4 is 11.8 Å². The molecular weight excluding hydrogens is 206 g/mol. The molecule has 0 saturated carbocycles. The fourth-order valence-corrected chi connectivity index (χ4v) is 1.59. The first kappa shape index (κ1) is 10.7. The van der Waals surface area contributed by atoms with Crippen LogP contribution in [0.5, 0.6) is 5.75 Å². The van der Waals surface area contributed by atoms with Crippen LogP contribution >= 0.6 is 0 Å². The van der Waals surface area contributed by atoms with E-state index in [9.17, 15) is 9.59 Å². The van der Waals surface area contributed by atoms with E-state index in [-0.39, 0.29) is 11.8 Å². The molecule has 2 rings (SSSR count). The monoisotopic (exact) mass is 218 g/mol. The number of carbonyl (C=O) groups excluding carboxylic acids is 2. The van der Waals surface area contributed by atoms with E-state index >= 15 is 0 Å². The summed E-state index contributed by atoms with van der Waals surface area (Å²) in [5, 5.41) is 0. The van der Waals surface area contributed by atoms with Crippen LogP contribution in [0.4, 0.5) is 0 Å². The van der Waals surface area contributed by atoms with E-state index in [4.69, 9.17) is 4.74 Å². The summed E-state index contributed by atoms with van der Waals surface area (Å²) in [7, 11) is 0. The van der Waals surface area contributed by atoms with Gasteiger partial charge < -0.3 is 4.74 Å². The van der Waals surface area contributed by atoms with Gasteiger partial charge in [0, 0.05) is 12.8 Å². The fourth-order valence-electron chi connectivity index (χ4n) is 1.59. The van der Waals surface area contributed by atoms with E-state index in [1.165, 1.54) is 4.90 Å². The molecule has 0 aromatic heterocycles. The second-order valence-electron chi connectivity index (χ2n) is 3.52. The van der Waals surface area contributed by atoms with Gasteiger partial charge in [-0.2, -0.15) is 0 Å². The summed E-state index contributed by atoms with van der Waals surface area (Å²) in [5.41, 5.74) is 0. The van der Waals surface area contributed by atoms with Crippen LogP contribution in [0.3, 0.4) is 0 Å². The van der Waals surface area contributed by atoms with Gasteiger partial charge in [-0.15, -0.1) is 0 Å². The van der Waals surface area contributed by atoms with Crippen LogP contribution in [0.15, 0.2) is 24.3 Å². The molecule has 1 aromatic rings. The van der Waals surface area contributed by atoms with Crippen LogP contribution in [0, 0.1) is 6.07 Å². The van der Waals surface area contributed by atoms with Crippen molar-refractivity contribution in [2.75, 3.05) is 13.2 Å². The smallest absolute Gasteiger partial charge is 0.229 e. The van der Waals surface area contributed by atoms with Crippen molar-refractivity contribution in [2.24, 2.45) is 0 Å². The minimum Gasteiger partial charge on any atom is -0.492 e. The van der Waals surface area contributed by atoms with Crippen LogP contribution in [-0.2, 0) is 9.59 Å². The molecule has 2 amide bonds. The maximum atomic E-state index is 11.3. The largest absolute Gasteiger partial charge is 0.492 e. The number of amides is 2. The van der Waals surface area contributed by atoms with E-state index in [0.29, 0.717) is 26.0 Å². The van der Waals surface area contributed by atoms with Crippen molar-refractivity contribution in [3.05, 3.63) is 30.3 Å². The quantitative estimate of drug-likeness (QED) is 0.709. The van der Waals surface area contributed by atoms with Gasteiger partial charge in [-0.25, -0.2) is 0 Å². The molecule has 0 atom stereocenters. The molecule has 83 valence electrons. The molecule has 0 N–H and O–H groups in total. The lowest BCUT2D eigenvalue weighted by atomic mass is 10.3. The topological polar surface area (TPSA) is 46.6 Å². The lowest BCUT2D eigenvalue weighted by Crippen LogP contribution is -2.33. The number of imide groups is 1. The van der Waals surface area contributed by atoms with Crippen LogP contribution in [-0.4, -0.2) is 29.9 Å². The fraction of sp³-hybridized carbons (Fsp3) is 0.333. The van der Waals surface area contributed by atoms with Crippen molar-refractivity contribution < 1.29 is 14.3 Å². The van der Waals surface area contributed by atoms with Crippen molar-refractivity contribution in [1.29, 1.82) is 0 Å². The minimum absolute atomic E-state index is 0.102. The zero-order chi connectivity index (χ0) is 11.4. The molecule has 16 heavy (non-hydrogen) atoms. The third-order valence-corrected chi connectivity index (χ3v) is 2.43. The summed E-state index contributed by atoms with van der Waals surface area (Å²) in [5.74, 6) is 0.517. The van der Waals surface area contributed by atoms with Gasteiger partial charge in [-0.3, -0.25) is 14.5 Å². The van der Waals surface area contributed by atoms with Crippen molar-refractivity contribution in [2.45, 2.75) is 12.8 Å². The number of carbonyl (C=O) groups is 2. The molecule has 1 fully saturated rings. The number of nitrogens with zero attached hydrogens (tertiary/aromatic N) is 1. The second kappa shape index (κ2) is 4.79. The summed E-state index contributed by atoms with van der Waals surface area (Å²) >= 11 is 0. The standard InChI is InChI=1S/C12H12NO3/c14-11-6-7-12(15)13(11)8-9-16-10-4-2-1-3-5-10/h2-5H,6-9H2. The maximum absolute atomic E-state index is 11.3. The summed E-state index contributed by atoms with van der Waals surface area (Å²) in [6.45, 7) is 0.664. The highest BCUT2D eigenvalue weighted by Gasteiger charge is 2.28. The molecular formula is C12H12NO3. The molecule has 0 spiro atoms. The number of hydrogen-bond acceptors (Lipinski definition) is 3. The maximum Gasteiger partial charge on any atom is 0.229 e. The van der Waals surface area contributed by atoms with E-state index in [0.717, 1.165) is 5.75 Å². The molecule has 1 aliphatic rings. The van der Waals surface area contributed by atoms with Crippen LogP contribution < -0.4 is 4.74 Å². The summed E-state index contributed by atoms with van der Waals surface area (Å²) in [4.78, 5) is 23.8. The molecule has 0 bridgehead atoms. The molecule has 1 saturated heterocycles. The predicted octanol–water partition coefficient (Wildman–Crippen LogP) is 1.01.